The molecular formula is C110H70N4. The van der Waals surface area contributed by atoms with E-state index in [9.17, 15) is 0 Å². The van der Waals surface area contributed by atoms with Crippen LogP contribution >= 0.6 is 0 Å². The van der Waals surface area contributed by atoms with Gasteiger partial charge in [0.1, 0.15) is 0 Å². The standard InChI is InChI=1S/C110H70N4/c1-4-29-71(30-5-1)74-33-26-34-76(67-74)92-68-75(59-65-104(92)111(77-35-8-3-9-36-77)79-63-66-105-100(69-79)110(95-50-21-14-41-85(95)86-42-15-22-51-96(86)110)99-53-28-46-90-88-44-17-24-55-102(88)113(105)107(90)99)72-57-60-78(61-58-72)112(101-54-23-16-43-87(101)82-38-11-10-37-81(82)73-31-6-2-7-32-73)80-62-64-97-106(70-80)114-103-56-25-18-45-89(103)91-47-27-52-98(108(91)114)109(97)93-48-19-12-39-83(93)84-40-13-20-49-94(84)109/h1-70H. The molecule has 0 N–H and O–H groups in total. The number of nitrogens with zero attached hydrogens (tertiary/aromatic N) is 4. The molecule has 2 aromatic heterocycles. The van der Waals surface area contributed by atoms with E-state index in [1.54, 1.807) is 0 Å². The minimum Gasteiger partial charge on any atom is -0.310 e. The molecule has 4 aliphatic rings. The Balaban J connectivity index is 0.714. The number of benzene rings is 18. The van der Waals surface area contributed by atoms with Crippen molar-refractivity contribution in [3.05, 3.63) is 469 Å². The molecule has 4 nitrogen and oxygen atoms in total. The Kier molecular flexibility index (Phi) is 13.9. The third-order valence-corrected chi connectivity index (χ3v) is 25.3. The largest absolute Gasteiger partial charge is 0.310 e. The Morgan fingerprint density at radius 1 is 0.175 bits per heavy atom. The van der Waals surface area contributed by atoms with Gasteiger partial charge in [-0.2, -0.15) is 0 Å². The van der Waals surface area contributed by atoms with E-state index in [1.165, 1.54) is 133 Å². The molecule has 0 fully saturated rings. The van der Waals surface area contributed by atoms with E-state index in [0.717, 1.165) is 78.8 Å². The zero-order valence-electron chi connectivity index (χ0n) is 62.2. The van der Waals surface area contributed by atoms with Crippen molar-refractivity contribution in [3.63, 3.8) is 0 Å². The molecule has 4 heterocycles. The fourth-order valence-electron chi connectivity index (χ4n) is 20.7. The molecular weight excluding hydrogens is 1380 g/mol. The van der Waals surface area contributed by atoms with Crippen LogP contribution in [-0.2, 0) is 10.8 Å². The number of rotatable bonds is 11. The van der Waals surface area contributed by atoms with Crippen LogP contribution in [-0.4, -0.2) is 9.13 Å². The minimum absolute atomic E-state index is 0.600. The Labute approximate surface area is 661 Å². The maximum atomic E-state index is 2.58. The van der Waals surface area contributed by atoms with Gasteiger partial charge in [-0.3, -0.25) is 0 Å². The number of fused-ring (bicyclic) bond motifs is 24. The van der Waals surface area contributed by atoms with E-state index in [-0.39, 0.29) is 0 Å². The summed E-state index contributed by atoms with van der Waals surface area (Å²) in [5.41, 5.74) is 39.1. The number of para-hydroxylation sites is 6. The molecule has 20 aromatic rings. The molecule has 4 heteroatoms. The first kappa shape index (κ1) is 64.0. The molecule has 0 radical (unpaired) electrons. The Bertz CT molecular complexity index is 7280. The second-order valence-corrected chi connectivity index (χ2v) is 30.9. The van der Waals surface area contributed by atoms with Crippen LogP contribution in [0.25, 0.3) is 133 Å². The smallest absolute Gasteiger partial charge is 0.0755 e. The van der Waals surface area contributed by atoms with Gasteiger partial charge in [-0.1, -0.05) is 334 Å². The van der Waals surface area contributed by atoms with Crippen molar-refractivity contribution in [2.45, 2.75) is 10.8 Å². The second kappa shape index (κ2) is 24.8. The van der Waals surface area contributed by atoms with Gasteiger partial charge in [0.2, 0.25) is 0 Å². The van der Waals surface area contributed by atoms with Crippen molar-refractivity contribution in [1.29, 1.82) is 0 Å². The summed E-state index contributed by atoms with van der Waals surface area (Å²) in [5, 5.41) is 5.00. The van der Waals surface area contributed by atoms with Crippen LogP contribution in [0, 0.1) is 0 Å². The molecule has 0 bridgehead atoms. The monoisotopic (exact) mass is 1450 g/mol. The highest BCUT2D eigenvalue weighted by Gasteiger charge is 2.53. The van der Waals surface area contributed by atoms with E-state index in [0.29, 0.717) is 0 Å². The SMILES string of the molecule is c1ccc(-c2cccc(-c3cc(-c4ccc(N(c5ccc6c(c5)-n5c7ccccc7c7cccc(c75)C65c6ccccc6-c6ccccc65)c5ccccc5-c5ccccc5-c5ccccc5)cc4)ccc3N(c3ccccc3)c3ccc4c(c3)C3(c5ccccc5-c5ccccc53)c3cccc5c6ccccc6n-4c35)c2)cc1. The Morgan fingerprint density at radius 2 is 0.561 bits per heavy atom. The summed E-state index contributed by atoms with van der Waals surface area (Å²) in [7, 11) is 0. The van der Waals surface area contributed by atoms with Crippen LogP contribution in [0.2, 0.25) is 0 Å². The van der Waals surface area contributed by atoms with E-state index >= 15 is 0 Å². The first-order valence-corrected chi connectivity index (χ1v) is 39.6. The predicted octanol–water partition coefficient (Wildman–Crippen LogP) is 28.5. The highest BCUT2D eigenvalue weighted by atomic mass is 15.2. The van der Waals surface area contributed by atoms with Crippen molar-refractivity contribution in [2.75, 3.05) is 9.80 Å². The summed E-state index contributed by atoms with van der Waals surface area (Å²) in [5.74, 6) is 0. The summed E-state index contributed by atoms with van der Waals surface area (Å²) in [6.45, 7) is 0. The number of aromatic nitrogens is 2. The number of anilines is 6. The first-order chi connectivity index (χ1) is 56.6. The lowest BCUT2D eigenvalue weighted by Crippen LogP contribution is -2.33. The van der Waals surface area contributed by atoms with Crippen LogP contribution in [0.4, 0.5) is 34.1 Å². The number of hydrogen-bond donors (Lipinski definition) is 0. The lowest BCUT2D eigenvalue weighted by molar-refractivity contribution is 0.748. The maximum absolute atomic E-state index is 2.58. The fourth-order valence-corrected chi connectivity index (χ4v) is 20.7. The summed E-state index contributed by atoms with van der Waals surface area (Å²) in [4.78, 5) is 5.03. The highest BCUT2D eigenvalue weighted by molar-refractivity contribution is 6.15. The van der Waals surface area contributed by atoms with E-state index in [1.807, 2.05) is 0 Å². The van der Waals surface area contributed by atoms with Crippen molar-refractivity contribution >= 4 is 77.7 Å². The molecule has 18 aromatic carbocycles. The predicted molar refractivity (Wildman–Crippen MR) is 473 cm³/mol. The van der Waals surface area contributed by atoms with Crippen molar-refractivity contribution in [2.24, 2.45) is 0 Å². The van der Waals surface area contributed by atoms with E-state index < -0.39 is 10.8 Å². The lowest BCUT2D eigenvalue weighted by Gasteiger charge is -2.40. The van der Waals surface area contributed by atoms with E-state index in [2.05, 4.69) is 444 Å². The van der Waals surface area contributed by atoms with Gasteiger partial charge >= 0.3 is 0 Å². The summed E-state index contributed by atoms with van der Waals surface area (Å²) in [6.07, 6.45) is 0. The normalized spacial score (nSPS) is 13.2. The van der Waals surface area contributed by atoms with E-state index in [4.69, 9.17) is 0 Å². The molecule has 0 atom stereocenters. The van der Waals surface area contributed by atoms with Crippen LogP contribution in [0.15, 0.2) is 425 Å². The summed E-state index contributed by atoms with van der Waals surface area (Å²) < 4.78 is 5.14. The molecule has 0 amide bonds. The molecule has 2 aliphatic carbocycles. The molecule has 0 saturated heterocycles. The molecule has 0 saturated carbocycles. The van der Waals surface area contributed by atoms with Gasteiger partial charge in [0.25, 0.3) is 0 Å². The van der Waals surface area contributed by atoms with Crippen molar-refractivity contribution in [1.82, 2.24) is 9.13 Å². The second-order valence-electron chi connectivity index (χ2n) is 30.9. The Hall–Kier alpha value is -14.8. The van der Waals surface area contributed by atoms with Gasteiger partial charge in [0, 0.05) is 55.4 Å². The van der Waals surface area contributed by atoms with Gasteiger partial charge in [-0.25, -0.2) is 0 Å². The lowest BCUT2D eigenvalue weighted by atomic mass is 9.65. The molecule has 114 heavy (non-hydrogen) atoms. The summed E-state index contributed by atoms with van der Waals surface area (Å²) >= 11 is 0. The van der Waals surface area contributed by atoms with Gasteiger partial charge in [-0.15, -0.1) is 0 Å². The molecule has 0 unspecified atom stereocenters. The minimum atomic E-state index is -0.646. The first-order valence-electron chi connectivity index (χ1n) is 39.6. The topological polar surface area (TPSA) is 16.3 Å². The molecule has 530 valence electrons. The Morgan fingerprint density at radius 3 is 1.17 bits per heavy atom. The van der Waals surface area contributed by atoms with Gasteiger partial charge in [0.15, 0.2) is 0 Å². The molecule has 2 aliphatic heterocycles. The quantitative estimate of drug-likeness (QED) is 0.128. The zero-order valence-corrected chi connectivity index (χ0v) is 62.2. The third-order valence-electron chi connectivity index (χ3n) is 25.3. The maximum Gasteiger partial charge on any atom is 0.0755 e. The third kappa shape index (κ3) is 8.99. The zero-order chi connectivity index (χ0) is 74.7. The van der Waals surface area contributed by atoms with Gasteiger partial charge in [0.05, 0.1) is 55.6 Å². The molecule has 24 rings (SSSR count). The van der Waals surface area contributed by atoms with Gasteiger partial charge < -0.3 is 18.9 Å². The van der Waals surface area contributed by atoms with Crippen LogP contribution in [0.5, 0.6) is 0 Å². The van der Waals surface area contributed by atoms with Crippen molar-refractivity contribution in [3.8, 4) is 89.3 Å². The van der Waals surface area contributed by atoms with Crippen LogP contribution < -0.4 is 9.80 Å². The van der Waals surface area contributed by atoms with Crippen LogP contribution in [0.1, 0.15) is 44.5 Å². The number of hydrogen-bond acceptors (Lipinski definition) is 2. The van der Waals surface area contributed by atoms with Crippen molar-refractivity contribution < 1.29 is 0 Å². The summed E-state index contributed by atoms with van der Waals surface area (Å²) in [6, 6.07) is 160. The van der Waals surface area contributed by atoms with Gasteiger partial charge in [-0.05, 0) is 202 Å². The average Bonchev–Trinajstić information content (AvgIpc) is 1.47. The van der Waals surface area contributed by atoms with Crippen LogP contribution in [0.3, 0.4) is 0 Å². The average molecular weight is 1450 g/mol. The highest BCUT2D eigenvalue weighted by Crippen LogP contribution is 2.64. The molecule has 2 spiro atoms. The fraction of sp³-hybridized carbons (Fsp3) is 0.0182.